The van der Waals surface area contributed by atoms with Crippen LogP contribution in [0.5, 0.6) is 5.75 Å². The number of ether oxygens (including phenoxy) is 2. The first-order valence-corrected chi connectivity index (χ1v) is 8.05. The lowest BCUT2D eigenvalue weighted by Crippen LogP contribution is -2.31. The number of carbonyl (C=O) groups excluding carboxylic acids is 1. The molecule has 5 nitrogen and oxygen atoms in total. The molecule has 1 aliphatic heterocycles. The minimum absolute atomic E-state index is 0.179. The molecule has 1 N–H and O–H groups in total. The number of carbonyl (C=O) groups is 1. The Morgan fingerprint density at radius 2 is 1.96 bits per heavy atom. The summed E-state index contributed by atoms with van der Waals surface area (Å²) in [6.07, 6.45) is -1.74. The van der Waals surface area contributed by atoms with Crippen LogP contribution in [-0.4, -0.2) is 41.4 Å². The summed E-state index contributed by atoms with van der Waals surface area (Å²) in [5.41, 5.74) is 0.914. The Kier molecular flexibility index (Phi) is 5.23. The molecule has 6 heteroatoms. The van der Waals surface area contributed by atoms with E-state index in [1.165, 1.54) is 4.90 Å². The van der Waals surface area contributed by atoms with Crippen molar-refractivity contribution in [2.75, 3.05) is 13.1 Å². The highest BCUT2D eigenvalue weighted by Crippen LogP contribution is 2.22. The van der Waals surface area contributed by atoms with Gasteiger partial charge in [-0.05, 0) is 23.8 Å². The molecular formula is C18H18ClNO4. The molecule has 1 saturated heterocycles. The van der Waals surface area contributed by atoms with E-state index in [2.05, 4.69) is 0 Å². The summed E-state index contributed by atoms with van der Waals surface area (Å²) < 4.78 is 11.0. The number of amides is 1. The number of hydrogen-bond donors (Lipinski definition) is 1. The lowest BCUT2D eigenvalue weighted by molar-refractivity contribution is 0.0735. The van der Waals surface area contributed by atoms with E-state index in [4.69, 9.17) is 21.1 Å². The van der Waals surface area contributed by atoms with Crippen molar-refractivity contribution in [2.45, 2.75) is 18.8 Å². The van der Waals surface area contributed by atoms with Crippen LogP contribution in [0.25, 0.3) is 0 Å². The number of likely N-dealkylation sites (tertiary alicyclic amines) is 1. The van der Waals surface area contributed by atoms with Crippen molar-refractivity contribution in [3.8, 4) is 5.75 Å². The fourth-order valence-corrected chi connectivity index (χ4v) is 2.73. The van der Waals surface area contributed by atoms with Gasteiger partial charge in [-0.1, -0.05) is 48.0 Å². The van der Waals surface area contributed by atoms with E-state index in [1.807, 2.05) is 30.3 Å². The first kappa shape index (κ1) is 16.6. The summed E-state index contributed by atoms with van der Waals surface area (Å²) >= 11 is 5.92. The van der Waals surface area contributed by atoms with Gasteiger partial charge in [0.05, 0.1) is 13.1 Å². The Hall–Kier alpha value is -2.24. The average Bonchev–Trinajstić information content (AvgIpc) is 2.94. The molecule has 1 fully saturated rings. The van der Waals surface area contributed by atoms with Crippen LogP contribution in [0, 0.1) is 0 Å². The Balaban J connectivity index is 1.54. The fourth-order valence-electron chi connectivity index (χ4n) is 2.55. The zero-order chi connectivity index (χ0) is 16.9. The molecule has 2 aromatic carbocycles. The van der Waals surface area contributed by atoms with Gasteiger partial charge in [-0.3, -0.25) is 0 Å². The molecule has 1 aliphatic rings. The largest absolute Gasteiger partial charge is 0.486 e. The van der Waals surface area contributed by atoms with Gasteiger partial charge in [-0.15, -0.1) is 0 Å². The number of hydrogen-bond acceptors (Lipinski definition) is 4. The molecule has 0 saturated carbocycles. The zero-order valence-corrected chi connectivity index (χ0v) is 13.7. The summed E-state index contributed by atoms with van der Waals surface area (Å²) in [6, 6.07) is 16.4. The van der Waals surface area contributed by atoms with Crippen LogP contribution in [0.1, 0.15) is 5.56 Å². The highest BCUT2D eigenvalue weighted by atomic mass is 35.5. The maximum Gasteiger partial charge on any atom is 0.410 e. The normalized spacial score (nSPS) is 20.0. The van der Waals surface area contributed by atoms with E-state index >= 15 is 0 Å². The number of rotatable bonds is 4. The number of β-amino-alcohol motifs (C(OH)–C–C–N with tert-alkyl or cyclic N) is 1. The summed E-state index contributed by atoms with van der Waals surface area (Å²) in [5, 5.41) is 10.7. The van der Waals surface area contributed by atoms with Gasteiger partial charge in [0.25, 0.3) is 0 Å². The molecule has 2 atom stereocenters. The molecule has 0 aliphatic carbocycles. The van der Waals surface area contributed by atoms with Crippen molar-refractivity contribution in [3.63, 3.8) is 0 Å². The molecule has 0 aromatic heterocycles. The SMILES string of the molecule is O=C(OCc1ccccc1)N1C[C@@H](O)[C@H](Oc2cccc(Cl)c2)C1. The first-order chi connectivity index (χ1) is 11.6. The summed E-state index contributed by atoms with van der Waals surface area (Å²) in [7, 11) is 0. The highest BCUT2D eigenvalue weighted by Gasteiger charge is 2.36. The van der Waals surface area contributed by atoms with E-state index in [1.54, 1.807) is 24.3 Å². The molecule has 0 spiro atoms. The first-order valence-electron chi connectivity index (χ1n) is 7.68. The van der Waals surface area contributed by atoms with Gasteiger partial charge >= 0.3 is 6.09 Å². The second kappa shape index (κ2) is 7.55. The van der Waals surface area contributed by atoms with Crippen LogP contribution >= 0.6 is 11.6 Å². The predicted octanol–water partition coefficient (Wildman–Crippen LogP) is 3.10. The van der Waals surface area contributed by atoms with Crippen LogP contribution in [-0.2, 0) is 11.3 Å². The van der Waals surface area contributed by atoms with Crippen LogP contribution in [0.4, 0.5) is 4.79 Å². The summed E-state index contributed by atoms with van der Waals surface area (Å²) in [4.78, 5) is 13.6. The van der Waals surface area contributed by atoms with Crippen molar-refractivity contribution in [1.82, 2.24) is 4.90 Å². The highest BCUT2D eigenvalue weighted by molar-refractivity contribution is 6.30. The van der Waals surface area contributed by atoms with Crippen LogP contribution < -0.4 is 4.74 Å². The van der Waals surface area contributed by atoms with Gasteiger partial charge in [0.2, 0.25) is 0 Å². The molecule has 1 heterocycles. The van der Waals surface area contributed by atoms with Gasteiger partial charge in [0.1, 0.15) is 24.6 Å². The topological polar surface area (TPSA) is 59.0 Å². The number of halogens is 1. The standard InChI is InChI=1S/C18H18ClNO4/c19-14-7-4-8-15(9-14)24-17-11-20(10-16(17)21)18(22)23-12-13-5-2-1-3-6-13/h1-9,16-17,21H,10-12H2/t16-,17-/m1/s1. The second-order valence-corrected chi connectivity index (χ2v) is 6.06. The molecule has 126 valence electrons. The Morgan fingerprint density at radius 3 is 2.71 bits per heavy atom. The summed E-state index contributed by atoms with van der Waals surface area (Å²) in [5.74, 6) is 0.561. The molecule has 0 unspecified atom stereocenters. The van der Waals surface area contributed by atoms with Crippen molar-refractivity contribution >= 4 is 17.7 Å². The van der Waals surface area contributed by atoms with E-state index in [-0.39, 0.29) is 19.7 Å². The Labute approximate surface area is 145 Å². The zero-order valence-electron chi connectivity index (χ0n) is 13.0. The van der Waals surface area contributed by atoms with Gasteiger partial charge in [-0.25, -0.2) is 4.79 Å². The average molecular weight is 348 g/mol. The Morgan fingerprint density at radius 1 is 1.17 bits per heavy atom. The predicted molar refractivity (Wildman–Crippen MR) is 90.1 cm³/mol. The molecule has 24 heavy (non-hydrogen) atoms. The van der Waals surface area contributed by atoms with E-state index in [0.717, 1.165) is 5.56 Å². The van der Waals surface area contributed by atoms with Gasteiger partial charge in [0, 0.05) is 5.02 Å². The maximum atomic E-state index is 12.1. The number of aliphatic hydroxyl groups excluding tert-OH is 1. The van der Waals surface area contributed by atoms with Crippen molar-refractivity contribution < 1.29 is 19.4 Å². The third-order valence-corrected chi connectivity index (χ3v) is 4.02. The number of benzene rings is 2. The molecule has 3 rings (SSSR count). The van der Waals surface area contributed by atoms with E-state index in [0.29, 0.717) is 10.8 Å². The third-order valence-electron chi connectivity index (χ3n) is 3.78. The van der Waals surface area contributed by atoms with E-state index in [9.17, 15) is 9.90 Å². The minimum atomic E-state index is -0.770. The minimum Gasteiger partial charge on any atom is -0.486 e. The second-order valence-electron chi connectivity index (χ2n) is 5.63. The molecule has 1 amide bonds. The molecular weight excluding hydrogens is 330 g/mol. The molecule has 0 bridgehead atoms. The van der Waals surface area contributed by atoms with Crippen LogP contribution in [0.3, 0.4) is 0 Å². The quantitative estimate of drug-likeness (QED) is 0.923. The lowest BCUT2D eigenvalue weighted by Gasteiger charge is -2.17. The number of aliphatic hydroxyl groups is 1. The molecule has 0 radical (unpaired) electrons. The van der Waals surface area contributed by atoms with Crippen LogP contribution in [0.15, 0.2) is 54.6 Å². The van der Waals surface area contributed by atoms with Crippen molar-refractivity contribution in [3.05, 3.63) is 65.2 Å². The molecule has 2 aromatic rings. The number of nitrogens with zero attached hydrogens (tertiary/aromatic N) is 1. The fraction of sp³-hybridized carbons (Fsp3) is 0.278. The third kappa shape index (κ3) is 4.19. The van der Waals surface area contributed by atoms with Gasteiger partial charge in [0.15, 0.2) is 0 Å². The summed E-state index contributed by atoms with van der Waals surface area (Å²) in [6.45, 7) is 0.645. The smallest absolute Gasteiger partial charge is 0.410 e. The Bertz CT molecular complexity index is 694. The van der Waals surface area contributed by atoms with Gasteiger partial charge < -0.3 is 19.5 Å². The maximum absolute atomic E-state index is 12.1. The van der Waals surface area contributed by atoms with Crippen molar-refractivity contribution in [2.24, 2.45) is 0 Å². The van der Waals surface area contributed by atoms with Gasteiger partial charge in [-0.2, -0.15) is 0 Å². The lowest BCUT2D eigenvalue weighted by atomic mass is 10.2. The van der Waals surface area contributed by atoms with E-state index < -0.39 is 18.3 Å². The van der Waals surface area contributed by atoms with Crippen LogP contribution in [0.2, 0.25) is 5.02 Å². The van der Waals surface area contributed by atoms with Crippen molar-refractivity contribution in [1.29, 1.82) is 0 Å². The monoisotopic (exact) mass is 347 g/mol.